The lowest BCUT2D eigenvalue weighted by Crippen LogP contribution is -2.41. The molecule has 0 spiro atoms. The molecule has 2 aromatic carbocycles. The van der Waals surface area contributed by atoms with Crippen molar-refractivity contribution in [3.63, 3.8) is 0 Å². The predicted molar refractivity (Wildman–Crippen MR) is 73.7 cm³/mol. The van der Waals surface area contributed by atoms with Crippen molar-refractivity contribution in [2.75, 3.05) is 14.2 Å². The van der Waals surface area contributed by atoms with Crippen LogP contribution in [0.2, 0.25) is 0 Å². The summed E-state index contributed by atoms with van der Waals surface area (Å²) in [6.45, 7) is 0. The van der Waals surface area contributed by atoms with E-state index in [2.05, 4.69) is 0 Å². The molecule has 96 valence electrons. The van der Waals surface area contributed by atoms with Gasteiger partial charge in [-0.05, 0) is 22.4 Å². The minimum atomic E-state index is -1.33. The van der Waals surface area contributed by atoms with Crippen molar-refractivity contribution in [2.45, 2.75) is 5.79 Å². The molecule has 0 radical (unpaired) electrons. The largest absolute Gasteiger partial charge is 0.343 e. The minimum absolute atomic E-state index is 0.194. The average molecular weight is 254 g/mol. The van der Waals surface area contributed by atoms with E-state index >= 15 is 0 Å². The van der Waals surface area contributed by atoms with Crippen LogP contribution in [0.4, 0.5) is 0 Å². The van der Waals surface area contributed by atoms with Crippen molar-refractivity contribution < 1.29 is 14.3 Å². The average Bonchev–Trinajstić information content (AvgIpc) is 2.47. The number of hydrogen-bond donors (Lipinski definition) is 0. The van der Waals surface area contributed by atoms with E-state index in [-0.39, 0.29) is 5.78 Å². The van der Waals surface area contributed by atoms with Crippen LogP contribution in [-0.2, 0) is 20.1 Å². The number of benzene rings is 2. The first-order valence-electron chi connectivity index (χ1n) is 6.08. The second-order valence-corrected chi connectivity index (χ2v) is 4.47. The Balaban J connectivity index is 2.38. The molecule has 0 atom stereocenters. The number of ketones is 1. The first-order valence-corrected chi connectivity index (χ1v) is 6.08. The fraction of sp³-hybridized carbons (Fsp3) is 0.188. The van der Waals surface area contributed by atoms with Crippen LogP contribution < -0.4 is 0 Å². The standard InChI is InChI=1S/C16H14O3/c1-18-16(19-2)14-9-7-11-5-3-4-6-12(11)13(14)8-10-15(16)17/h3-10H,1-2H3. The van der Waals surface area contributed by atoms with Crippen LogP contribution >= 0.6 is 0 Å². The number of carbonyl (C=O) groups is 1. The summed E-state index contributed by atoms with van der Waals surface area (Å²) in [4.78, 5) is 12.1. The van der Waals surface area contributed by atoms with Gasteiger partial charge in [-0.1, -0.05) is 42.5 Å². The van der Waals surface area contributed by atoms with E-state index in [9.17, 15) is 4.79 Å². The van der Waals surface area contributed by atoms with Gasteiger partial charge in [0, 0.05) is 19.8 Å². The van der Waals surface area contributed by atoms with Crippen LogP contribution in [0.3, 0.4) is 0 Å². The van der Waals surface area contributed by atoms with Crippen molar-refractivity contribution in [3.05, 3.63) is 53.6 Å². The summed E-state index contributed by atoms with van der Waals surface area (Å²) < 4.78 is 10.8. The van der Waals surface area contributed by atoms with E-state index in [0.29, 0.717) is 0 Å². The summed E-state index contributed by atoms with van der Waals surface area (Å²) in [6, 6.07) is 11.9. The zero-order valence-electron chi connectivity index (χ0n) is 10.8. The fourth-order valence-corrected chi connectivity index (χ4v) is 2.67. The summed E-state index contributed by atoms with van der Waals surface area (Å²) in [5, 5.41) is 2.21. The van der Waals surface area contributed by atoms with Gasteiger partial charge < -0.3 is 9.47 Å². The lowest BCUT2D eigenvalue weighted by molar-refractivity contribution is -0.209. The van der Waals surface area contributed by atoms with E-state index < -0.39 is 5.79 Å². The molecule has 3 heteroatoms. The van der Waals surface area contributed by atoms with Gasteiger partial charge in [0.2, 0.25) is 5.78 Å². The third-order valence-electron chi connectivity index (χ3n) is 3.63. The summed E-state index contributed by atoms with van der Waals surface area (Å²) in [5.41, 5.74) is 1.73. The molecule has 2 aromatic rings. The highest BCUT2D eigenvalue weighted by Gasteiger charge is 2.43. The number of ether oxygens (including phenoxy) is 2. The number of carbonyl (C=O) groups excluding carboxylic acids is 1. The first-order chi connectivity index (χ1) is 9.23. The maximum absolute atomic E-state index is 12.1. The van der Waals surface area contributed by atoms with Gasteiger partial charge in [0.15, 0.2) is 0 Å². The highest BCUT2D eigenvalue weighted by molar-refractivity contribution is 6.07. The van der Waals surface area contributed by atoms with E-state index in [0.717, 1.165) is 21.9 Å². The van der Waals surface area contributed by atoms with Crippen molar-refractivity contribution in [2.24, 2.45) is 0 Å². The molecule has 0 heterocycles. The quantitative estimate of drug-likeness (QED) is 0.773. The highest BCUT2D eigenvalue weighted by Crippen LogP contribution is 2.38. The van der Waals surface area contributed by atoms with Crippen LogP contribution in [0.15, 0.2) is 42.5 Å². The third kappa shape index (κ3) is 1.56. The van der Waals surface area contributed by atoms with Crippen LogP contribution in [0.25, 0.3) is 16.8 Å². The Morgan fingerprint density at radius 1 is 0.947 bits per heavy atom. The SMILES string of the molecule is COC1(OC)C(=O)C=Cc2c1ccc1ccccc21. The van der Waals surface area contributed by atoms with E-state index in [4.69, 9.17) is 9.47 Å². The molecule has 0 N–H and O–H groups in total. The third-order valence-corrected chi connectivity index (χ3v) is 3.63. The lowest BCUT2D eigenvalue weighted by atomic mass is 9.87. The summed E-state index contributed by atoms with van der Waals surface area (Å²) in [5.74, 6) is -1.52. The molecule has 3 nitrogen and oxygen atoms in total. The zero-order chi connectivity index (χ0) is 13.5. The molecule has 0 unspecified atom stereocenters. The lowest BCUT2D eigenvalue weighted by Gasteiger charge is -2.32. The Bertz CT molecular complexity index is 681. The van der Waals surface area contributed by atoms with Crippen molar-refractivity contribution in [1.82, 2.24) is 0 Å². The maximum Gasteiger partial charge on any atom is 0.260 e. The minimum Gasteiger partial charge on any atom is -0.343 e. The number of rotatable bonds is 2. The number of hydrogen-bond acceptors (Lipinski definition) is 3. The Kier molecular flexibility index (Phi) is 2.73. The first kappa shape index (κ1) is 12.1. The molecule has 0 bridgehead atoms. The van der Waals surface area contributed by atoms with Gasteiger partial charge in [-0.3, -0.25) is 4.79 Å². The molecular weight excluding hydrogens is 240 g/mol. The van der Waals surface area contributed by atoms with Gasteiger partial charge in [-0.15, -0.1) is 0 Å². The summed E-state index contributed by atoms with van der Waals surface area (Å²) >= 11 is 0. The van der Waals surface area contributed by atoms with Crippen molar-refractivity contribution in [1.29, 1.82) is 0 Å². The summed E-state index contributed by atoms with van der Waals surface area (Å²) in [6.07, 6.45) is 3.35. The normalized spacial score (nSPS) is 16.6. The monoisotopic (exact) mass is 254 g/mol. The Labute approximate surface area is 111 Å². The van der Waals surface area contributed by atoms with Gasteiger partial charge in [-0.25, -0.2) is 0 Å². The van der Waals surface area contributed by atoms with Crippen LogP contribution in [0.5, 0.6) is 0 Å². The van der Waals surface area contributed by atoms with E-state index in [1.54, 1.807) is 0 Å². The van der Waals surface area contributed by atoms with Crippen molar-refractivity contribution >= 4 is 22.6 Å². The molecule has 3 rings (SSSR count). The van der Waals surface area contributed by atoms with Gasteiger partial charge in [0.05, 0.1) is 0 Å². The number of fused-ring (bicyclic) bond motifs is 3. The predicted octanol–water partition coefficient (Wildman–Crippen LogP) is 2.88. The Hall–Kier alpha value is -1.97. The number of methoxy groups -OCH3 is 2. The van der Waals surface area contributed by atoms with Gasteiger partial charge in [-0.2, -0.15) is 0 Å². The molecule has 0 aromatic heterocycles. The molecule has 19 heavy (non-hydrogen) atoms. The van der Waals surface area contributed by atoms with Gasteiger partial charge >= 0.3 is 0 Å². The smallest absolute Gasteiger partial charge is 0.260 e. The molecule has 0 aliphatic heterocycles. The molecule has 1 aliphatic rings. The second kappa shape index (κ2) is 4.30. The van der Waals surface area contributed by atoms with Crippen LogP contribution in [0.1, 0.15) is 11.1 Å². The van der Waals surface area contributed by atoms with Crippen LogP contribution in [0, 0.1) is 0 Å². The summed E-state index contributed by atoms with van der Waals surface area (Å²) in [7, 11) is 2.97. The molecular formula is C16H14O3. The van der Waals surface area contributed by atoms with Gasteiger partial charge in [0.25, 0.3) is 5.79 Å². The highest BCUT2D eigenvalue weighted by atomic mass is 16.7. The molecule has 0 saturated carbocycles. The zero-order valence-corrected chi connectivity index (χ0v) is 10.8. The molecule has 1 aliphatic carbocycles. The topological polar surface area (TPSA) is 35.5 Å². The second-order valence-electron chi connectivity index (χ2n) is 4.47. The fourth-order valence-electron chi connectivity index (χ4n) is 2.67. The Morgan fingerprint density at radius 3 is 2.42 bits per heavy atom. The van der Waals surface area contributed by atoms with E-state index in [1.807, 2.05) is 42.5 Å². The maximum atomic E-state index is 12.1. The van der Waals surface area contributed by atoms with Crippen LogP contribution in [-0.4, -0.2) is 20.0 Å². The van der Waals surface area contributed by atoms with Gasteiger partial charge in [0.1, 0.15) is 0 Å². The molecule has 0 saturated heterocycles. The van der Waals surface area contributed by atoms with E-state index in [1.165, 1.54) is 20.3 Å². The molecule has 0 amide bonds. The Morgan fingerprint density at radius 2 is 1.68 bits per heavy atom. The molecule has 0 fully saturated rings. The van der Waals surface area contributed by atoms with Crippen molar-refractivity contribution in [3.8, 4) is 0 Å².